The SMILES string of the molecule is CC1(C)C2CC[C@@]3(/C=C/Cl)CCCC=C3[C@@]2(C)CCC12OCCO2. The minimum Gasteiger partial charge on any atom is -0.347 e. The molecule has 3 fully saturated rings. The molecule has 3 atom stereocenters. The van der Waals surface area contributed by atoms with Crippen LogP contribution in [0.15, 0.2) is 23.3 Å². The van der Waals surface area contributed by atoms with Crippen molar-refractivity contribution in [2.75, 3.05) is 13.2 Å². The van der Waals surface area contributed by atoms with E-state index in [0.717, 1.165) is 26.1 Å². The highest BCUT2D eigenvalue weighted by molar-refractivity contribution is 6.25. The van der Waals surface area contributed by atoms with E-state index in [1.54, 1.807) is 11.1 Å². The normalized spacial score (nSPS) is 43.5. The van der Waals surface area contributed by atoms with E-state index in [1.807, 2.05) is 0 Å². The van der Waals surface area contributed by atoms with Gasteiger partial charge < -0.3 is 9.47 Å². The van der Waals surface area contributed by atoms with Crippen molar-refractivity contribution in [3.63, 3.8) is 0 Å². The van der Waals surface area contributed by atoms with Gasteiger partial charge in [0.05, 0.1) is 13.2 Å². The third-order valence-electron chi connectivity index (χ3n) is 7.94. The first kappa shape index (κ1) is 17.1. The Balaban J connectivity index is 1.77. The Bertz CT molecular complexity index is 572. The van der Waals surface area contributed by atoms with Gasteiger partial charge in [-0.2, -0.15) is 0 Å². The van der Waals surface area contributed by atoms with Gasteiger partial charge in [0, 0.05) is 22.8 Å². The third-order valence-corrected chi connectivity index (χ3v) is 8.06. The molecule has 0 radical (unpaired) electrons. The largest absolute Gasteiger partial charge is 0.347 e. The van der Waals surface area contributed by atoms with Crippen molar-refractivity contribution in [2.45, 2.75) is 71.5 Å². The lowest BCUT2D eigenvalue weighted by Gasteiger charge is -2.64. The van der Waals surface area contributed by atoms with Gasteiger partial charge in [0.1, 0.15) is 0 Å². The molecule has 0 aromatic heterocycles. The zero-order valence-corrected chi connectivity index (χ0v) is 16.1. The Morgan fingerprint density at radius 1 is 1.08 bits per heavy atom. The molecule has 1 heterocycles. The zero-order chi connectivity index (χ0) is 17.1. The fourth-order valence-electron chi connectivity index (χ4n) is 6.80. The second-order valence-corrected chi connectivity index (χ2v) is 9.39. The average molecular weight is 351 g/mol. The average Bonchev–Trinajstić information content (AvgIpc) is 3.03. The maximum atomic E-state index is 6.22. The van der Waals surface area contributed by atoms with Gasteiger partial charge in [0.2, 0.25) is 0 Å². The highest BCUT2D eigenvalue weighted by Crippen LogP contribution is 2.69. The van der Waals surface area contributed by atoms with Crippen molar-refractivity contribution in [1.82, 2.24) is 0 Å². The van der Waals surface area contributed by atoms with Crippen molar-refractivity contribution >= 4 is 11.6 Å². The van der Waals surface area contributed by atoms with E-state index in [0.29, 0.717) is 5.92 Å². The topological polar surface area (TPSA) is 18.5 Å². The lowest BCUT2D eigenvalue weighted by atomic mass is 9.43. The van der Waals surface area contributed by atoms with Gasteiger partial charge in [-0.05, 0) is 49.9 Å². The fraction of sp³-hybridized carbons (Fsp3) is 0.810. The zero-order valence-electron chi connectivity index (χ0n) is 15.4. The second kappa shape index (κ2) is 5.59. The molecule has 1 spiro atoms. The van der Waals surface area contributed by atoms with Gasteiger partial charge in [-0.15, -0.1) is 0 Å². The quantitative estimate of drug-likeness (QED) is 0.555. The first-order valence-corrected chi connectivity index (χ1v) is 10.1. The number of allylic oxidation sites excluding steroid dienone is 3. The van der Waals surface area contributed by atoms with Crippen LogP contribution in [0.5, 0.6) is 0 Å². The lowest BCUT2D eigenvalue weighted by Crippen LogP contribution is -2.61. The van der Waals surface area contributed by atoms with E-state index in [-0.39, 0.29) is 22.0 Å². The summed E-state index contributed by atoms with van der Waals surface area (Å²) >= 11 is 6.08. The maximum absolute atomic E-state index is 6.22. The van der Waals surface area contributed by atoms with Crippen molar-refractivity contribution < 1.29 is 9.47 Å². The molecule has 0 aromatic carbocycles. The molecular formula is C21H31ClO2. The van der Waals surface area contributed by atoms with E-state index >= 15 is 0 Å². The van der Waals surface area contributed by atoms with Crippen LogP contribution in [0, 0.1) is 22.2 Å². The number of rotatable bonds is 1. The molecule has 4 rings (SSSR count). The van der Waals surface area contributed by atoms with Crippen LogP contribution >= 0.6 is 11.6 Å². The summed E-state index contributed by atoms with van der Waals surface area (Å²) in [5.41, 5.74) is 3.89. The summed E-state index contributed by atoms with van der Waals surface area (Å²) in [6.07, 6.45) is 13.2. The number of halogens is 1. The molecule has 134 valence electrons. The summed E-state index contributed by atoms with van der Waals surface area (Å²) in [7, 11) is 0. The molecule has 0 N–H and O–H groups in total. The van der Waals surface area contributed by atoms with Gasteiger partial charge in [-0.1, -0.05) is 50.1 Å². The predicted octanol–water partition coefficient (Wildman–Crippen LogP) is 5.82. The van der Waals surface area contributed by atoms with Crippen LogP contribution < -0.4 is 0 Å². The number of hydrogen-bond acceptors (Lipinski definition) is 2. The van der Waals surface area contributed by atoms with Crippen LogP contribution in [0.3, 0.4) is 0 Å². The molecule has 2 saturated carbocycles. The molecule has 1 saturated heterocycles. The van der Waals surface area contributed by atoms with Crippen molar-refractivity contribution in [1.29, 1.82) is 0 Å². The summed E-state index contributed by atoms with van der Waals surface area (Å²) in [5, 5.41) is 0. The number of hydrogen-bond donors (Lipinski definition) is 0. The van der Waals surface area contributed by atoms with Crippen LogP contribution in [-0.2, 0) is 9.47 Å². The highest BCUT2D eigenvalue weighted by atomic mass is 35.5. The van der Waals surface area contributed by atoms with E-state index in [2.05, 4.69) is 32.9 Å². The summed E-state index contributed by atoms with van der Waals surface area (Å²) in [6.45, 7) is 8.76. The summed E-state index contributed by atoms with van der Waals surface area (Å²) in [4.78, 5) is 0. The molecule has 1 unspecified atom stereocenters. The minimum atomic E-state index is -0.366. The van der Waals surface area contributed by atoms with Crippen LogP contribution in [-0.4, -0.2) is 19.0 Å². The second-order valence-electron chi connectivity index (χ2n) is 9.14. The summed E-state index contributed by atoms with van der Waals surface area (Å²) < 4.78 is 12.4. The first-order chi connectivity index (χ1) is 11.4. The molecule has 0 bridgehead atoms. The smallest absolute Gasteiger partial charge is 0.173 e. The first-order valence-electron chi connectivity index (χ1n) is 9.67. The summed E-state index contributed by atoms with van der Waals surface area (Å²) in [5.74, 6) is 0.229. The predicted molar refractivity (Wildman–Crippen MR) is 97.8 cm³/mol. The molecule has 0 aromatic rings. The van der Waals surface area contributed by atoms with Crippen LogP contribution in [0.1, 0.15) is 65.7 Å². The van der Waals surface area contributed by atoms with Crippen molar-refractivity contribution in [2.24, 2.45) is 22.2 Å². The van der Waals surface area contributed by atoms with Gasteiger partial charge in [0.25, 0.3) is 0 Å². The molecule has 4 aliphatic rings. The fourth-order valence-corrected chi connectivity index (χ4v) is 7.04. The van der Waals surface area contributed by atoms with E-state index < -0.39 is 0 Å². The molecule has 1 aliphatic heterocycles. The summed E-state index contributed by atoms with van der Waals surface area (Å²) in [6, 6.07) is 0. The number of fused-ring (bicyclic) bond motifs is 3. The van der Waals surface area contributed by atoms with Crippen molar-refractivity contribution in [3.8, 4) is 0 Å². The van der Waals surface area contributed by atoms with E-state index in [1.165, 1.54) is 32.1 Å². The van der Waals surface area contributed by atoms with E-state index in [4.69, 9.17) is 21.1 Å². The Morgan fingerprint density at radius 3 is 2.54 bits per heavy atom. The molecule has 3 heteroatoms. The lowest BCUT2D eigenvalue weighted by molar-refractivity contribution is -0.284. The third kappa shape index (κ3) is 2.09. The molecule has 2 nitrogen and oxygen atoms in total. The molecular weight excluding hydrogens is 320 g/mol. The maximum Gasteiger partial charge on any atom is 0.173 e. The van der Waals surface area contributed by atoms with Crippen molar-refractivity contribution in [3.05, 3.63) is 23.3 Å². The Kier molecular flexibility index (Phi) is 3.99. The van der Waals surface area contributed by atoms with E-state index in [9.17, 15) is 0 Å². The van der Waals surface area contributed by atoms with Crippen LogP contribution in [0.2, 0.25) is 0 Å². The van der Waals surface area contributed by atoms with Gasteiger partial charge in [-0.3, -0.25) is 0 Å². The standard InChI is InChI=1S/C21H31ClO2/c1-18(2)16-7-9-20(12-13-22)8-5-4-6-17(20)19(16,3)10-11-21(18)23-14-15-24-21/h6,12-13,16H,4-5,7-11,14-15H2,1-3H3/b13-12+/t16?,19-,20+/m0/s1. The molecule has 3 aliphatic carbocycles. The van der Waals surface area contributed by atoms with Crippen LogP contribution in [0.25, 0.3) is 0 Å². The Hall–Kier alpha value is -0.310. The Morgan fingerprint density at radius 2 is 1.83 bits per heavy atom. The Labute approximate surface area is 151 Å². The van der Waals surface area contributed by atoms with Gasteiger partial charge in [0.15, 0.2) is 5.79 Å². The highest BCUT2D eigenvalue weighted by Gasteiger charge is 2.65. The van der Waals surface area contributed by atoms with Crippen LogP contribution in [0.4, 0.5) is 0 Å². The molecule has 0 amide bonds. The molecule has 24 heavy (non-hydrogen) atoms. The van der Waals surface area contributed by atoms with Gasteiger partial charge >= 0.3 is 0 Å². The monoisotopic (exact) mass is 350 g/mol. The number of ether oxygens (including phenoxy) is 2. The minimum absolute atomic E-state index is 0.0334. The van der Waals surface area contributed by atoms with Gasteiger partial charge in [-0.25, -0.2) is 0 Å².